The molecule has 1 aromatic carbocycles. The van der Waals surface area contributed by atoms with Crippen molar-refractivity contribution in [2.24, 2.45) is 0 Å². The second-order valence-corrected chi connectivity index (χ2v) is 6.60. The molecule has 0 aliphatic heterocycles. The number of hydrogen-bond acceptors (Lipinski definition) is 6. The smallest absolute Gasteiger partial charge is 0.220 e. The maximum absolute atomic E-state index is 12.1. The molecule has 0 radical (unpaired) electrons. The SMILES string of the molecule is O=C(CCc1ccccc1)NCCn1ncc2c(NCc3ccco3)ncnc21. The Morgan fingerprint density at radius 2 is 2.00 bits per heavy atom. The third-order valence-electron chi connectivity index (χ3n) is 4.57. The number of fused-ring (bicyclic) bond motifs is 1. The van der Waals surface area contributed by atoms with Crippen LogP contribution >= 0.6 is 0 Å². The van der Waals surface area contributed by atoms with Gasteiger partial charge in [0.15, 0.2) is 5.65 Å². The number of aryl methyl sites for hydroxylation is 1. The van der Waals surface area contributed by atoms with Gasteiger partial charge < -0.3 is 15.1 Å². The third-order valence-corrected chi connectivity index (χ3v) is 4.57. The first-order valence-corrected chi connectivity index (χ1v) is 9.53. The molecular weight excluding hydrogens is 368 g/mol. The van der Waals surface area contributed by atoms with E-state index in [0.29, 0.717) is 31.9 Å². The minimum atomic E-state index is 0.0285. The summed E-state index contributed by atoms with van der Waals surface area (Å²) in [5.41, 5.74) is 1.88. The molecule has 0 fully saturated rings. The van der Waals surface area contributed by atoms with E-state index in [4.69, 9.17) is 4.42 Å². The van der Waals surface area contributed by atoms with Crippen LogP contribution in [0.2, 0.25) is 0 Å². The topological polar surface area (TPSA) is 97.9 Å². The lowest BCUT2D eigenvalue weighted by atomic mass is 10.1. The summed E-state index contributed by atoms with van der Waals surface area (Å²) >= 11 is 0. The highest BCUT2D eigenvalue weighted by atomic mass is 16.3. The van der Waals surface area contributed by atoms with E-state index in [-0.39, 0.29) is 5.91 Å². The lowest BCUT2D eigenvalue weighted by Gasteiger charge is -2.07. The zero-order chi connectivity index (χ0) is 19.9. The standard InChI is InChI=1S/C21H22N6O2/c28-19(9-8-16-5-2-1-3-6-16)22-10-11-27-21-18(14-26-27)20(24-15-25-21)23-13-17-7-4-12-29-17/h1-7,12,14-15H,8-11,13H2,(H,22,28)(H,23,24,25). The highest BCUT2D eigenvalue weighted by Gasteiger charge is 2.10. The van der Waals surface area contributed by atoms with Crippen molar-refractivity contribution >= 4 is 22.8 Å². The van der Waals surface area contributed by atoms with E-state index >= 15 is 0 Å². The Hall–Kier alpha value is -3.68. The molecule has 0 bridgehead atoms. The van der Waals surface area contributed by atoms with Gasteiger partial charge in [-0.2, -0.15) is 5.10 Å². The Labute approximate surface area is 168 Å². The number of nitrogens with one attached hydrogen (secondary N) is 2. The molecule has 2 N–H and O–H groups in total. The van der Waals surface area contributed by atoms with Crippen molar-refractivity contribution in [3.05, 3.63) is 72.6 Å². The predicted octanol–water partition coefficient (Wildman–Crippen LogP) is 2.78. The summed E-state index contributed by atoms with van der Waals surface area (Å²) in [7, 11) is 0. The third kappa shape index (κ3) is 4.78. The molecule has 4 aromatic rings. The number of amides is 1. The molecule has 29 heavy (non-hydrogen) atoms. The number of hydrogen-bond donors (Lipinski definition) is 2. The minimum absolute atomic E-state index is 0.0285. The summed E-state index contributed by atoms with van der Waals surface area (Å²) in [4.78, 5) is 20.7. The normalized spacial score (nSPS) is 10.9. The number of rotatable bonds is 9. The fourth-order valence-electron chi connectivity index (χ4n) is 3.07. The number of carbonyl (C=O) groups excluding carboxylic acids is 1. The van der Waals surface area contributed by atoms with E-state index in [0.717, 1.165) is 28.8 Å². The van der Waals surface area contributed by atoms with Gasteiger partial charge in [-0.3, -0.25) is 4.79 Å². The fraction of sp³-hybridized carbons (Fsp3) is 0.238. The highest BCUT2D eigenvalue weighted by Crippen LogP contribution is 2.19. The van der Waals surface area contributed by atoms with Gasteiger partial charge in [-0.15, -0.1) is 0 Å². The van der Waals surface area contributed by atoms with Crippen molar-refractivity contribution < 1.29 is 9.21 Å². The van der Waals surface area contributed by atoms with Crippen molar-refractivity contribution in [1.82, 2.24) is 25.1 Å². The summed E-state index contributed by atoms with van der Waals surface area (Å²) in [5, 5.41) is 11.4. The van der Waals surface area contributed by atoms with Crippen LogP contribution in [-0.2, 0) is 24.3 Å². The maximum Gasteiger partial charge on any atom is 0.220 e. The summed E-state index contributed by atoms with van der Waals surface area (Å²) in [5.74, 6) is 1.55. The van der Waals surface area contributed by atoms with Crippen molar-refractivity contribution in [2.45, 2.75) is 25.9 Å². The van der Waals surface area contributed by atoms with E-state index in [9.17, 15) is 4.79 Å². The van der Waals surface area contributed by atoms with E-state index in [1.807, 2.05) is 42.5 Å². The van der Waals surface area contributed by atoms with Gasteiger partial charge in [-0.05, 0) is 24.1 Å². The predicted molar refractivity (Wildman–Crippen MR) is 109 cm³/mol. The molecule has 3 aromatic heterocycles. The largest absolute Gasteiger partial charge is 0.467 e. The molecule has 8 nitrogen and oxygen atoms in total. The van der Waals surface area contributed by atoms with Gasteiger partial charge in [-0.1, -0.05) is 30.3 Å². The lowest BCUT2D eigenvalue weighted by molar-refractivity contribution is -0.121. The minimum Gasteiger partial charge on any atom is -0.467 e. The van der Waals surface area contributed by atoms with Crippen LogP contribution in [0.3, 0.4) is 0 Å². The molecule has 3 heterocycles. The van der Waals surface area contributed by atoms with Crippen molar-refractivity contribution in [1.29, 1.82) is 0 Å². The summed E-state index contributed by atoms with van der Waals surface area (Å²) in [6.07, 6.45) is 6.07. The van der Waals surface area contributed by atoms with Crippen LogP contribution in [-0.4, -0.2) is 32.2 Å². The molecule has 4 rings (SSSR count). The molecule has 0 aliphatic carbocycles. The zero-order valence-electron chi connectivity index (χ0n) is 15.9. The number of aromatic nitrogens is 4. The van der Waals surface area contributed by atoms with Crippen molar-refractivity contribution in [3.63, 3.8) is 0 Å². The van der Waals surface area contributed by atoms with Crippen LogP contribution in [0.1, 0.15) is 17.7 Å². The molecule has 148 valence electrons. The Morgan fingerprint density at radius 1 is 1.10 bits per heavy atom. The molecule has 0 saturated heterocycles. The second-order valence-electron chi connectivity index (χ2n) is 6.60. The van der Waals surface area contributed by atoms with Gasteiger partial charge in [0, 0.05) is 13.0 Å². The van der Waals surface area contributed by atoms with E-state index < -0.39 is 0 Å². The first-order valence-electron chi connectivity index (χ1n) is 9.53. The molecule has 0 aliphatic rings. The van der Waals surface area contributed by atoms with Gasteiger partial charge in [-0.25, -0.2) is 14.6 Å². The van der Waals surface area contributed by atoms with Crippen LogP contribution < -0.4 is 10.6 Å². The number of furan rings is 1. The van der Waals surface area contributed by atoms with Gasteiger partial charge in [0.05, 0.1) is 30.9 Å². The highest BCUT2D eigenvalue weighted by molar-refractivity contribution is 5.86. The van der Waals surface area contributed by atoms with Crippen molar-refractivity contribution in [2.75, 3.05) is 11.9 Å². The Bertz CT molecular complexity index is 1060. The van der Waals surface area contributed by atoms with Crippen LogP contribution in [0.25, 0.3) is 11.0 Å². The Morgan fingerprint density at radius 3 is 2.83 bits per heavy atom. The molecular formula is C21H22N6O2. The molecule has 0 saturated carbocycles. The quantitative estimate of drug-likeness (QED) is 0.456. The van der Waals surface area contributed by atoms with Crippen molar-refractivity contribution in [3.8, 4) is 0 Å². The van der Waals surface area contributed by atoms with Crippen LogP contribution in [0, 0.1) is 0 Å². The van der Waals surface area contributed by atoms with Crippen LogP contribution in [0.5, 0.6) is 0 Å². The first kappa shape index (κ1) is 18.7. The fourth-order valence-corrected chi connectivity index (χ4v) is 3.07. The molecule has 0 unspecified atom stereocenters. The molecule has 0 atom stereocenters. The van der Waals surface area contributed by atoms with Gasteiger partial charge >= 0.3 is 0 Å². The monoisotopic (exact) mass is 390 g/mol. The summed E-state index contributed by atoms with van der Waals surface area (Å²) in [6.45, 7) is 1.56. The van der Waals surface area contributed by atoms with E-state index in [1.165, 1.54) is 6.33 Å². The Kier molecular flexibility index (Phi) is 5.80. The number of nitrogens with zero attached hydrogens (tertiary/aromatic N) is 4. The maximum atomic E-state index is 12.1. The van der Waals surface area contributed by atoms with E-state index in [2.05, 4.69) is 25.7 Å². The lowest BCUT2D eigenvalue weighted by Crippen LogP contribution is -2.27. The van der Waals surface area contributed by atoms with Gasteiger partial charge in [0.1, 0.15) is 17.9 Å². The number of anilines is 1. The number of benzene rings is 1. The Balaban J connectivity index is 1.30. The summed E-state index contributed by atoms with van der Waals surface area (Å²) in [6, 6.07) is 13.7. The van der Waals surface area contributed by atoms with Gasteiger partial charge in [0.25, 0.3) is 0 Å². The number of carbonyl (C=O) groups is 1. The average molecular weight is 390 g/mol. The van der Waals surface area contributed by atoms with Crippen LogP contribution in [0.15, 0.2) is 65.7 Å². The average Bonchev–Trinajstić information content (AvgIpc) is 3.42. The zero-order valence-corrected chi connectivity index (χ0v) is 15.9. The molecule has 1 amide bonds. The van der Waals surface area contributed by atoms with Gasteiger partial charge in [0.2, 0.25) is 5.91 Å². The molecule has 8 heteroatoms. The van der Waals surface area contributed by atoms with Crippen LogP contribution in [0.4, 0.5) is 5.82 Å². The van der Waals surface area contributed by atoms with E-state index in [1.54, 1.807) is 17.1 Å². The second kappa shape index (κ2) is 9.01. The first-order chi connectivity index (χ1) is 14.3. The molecule has 0 spiro atoms. The summed E-state index contributed by atoms with van der Waals surface area (Å²) < 4.78 is 7.10.